The first-order chi connectivity index (χ1) is 8.08. The maximum atomic E-state index is 13.4. The molecule has 0 aliphatic heterocycles. The normalized spacial score (nSPS) is 10.9. The summed E-state index contributed by atoms with van der Waals surface area (Å²) < 4.78 is 15.8. The molecule has 1 aromatic heterocycles. The summed E-state index contributed by atoms with van der Waals surface area (Å²) in [5, 5.41) is 3.09. The Labute approximate surface area is 108 Å². The number of hydrogen-bond acceptors (Lipinski definition) is 2. The molecule has 90 valence electrons. The molecule has 3 nitrogen and oxygen atoms in total. The third-order valence-electron chi connectivity index (χ3n) is 2.40. The molecule has 0 saturated carbocycles. The highest BCUT2D eigenvalue weighted by Crippen LogP contribution is 2.23. The fourth-order valence-corrected chi connectivity index (χ4v) is 1.78. The molecule has 0 radical (unpaired) electrons. The largest absolute Gasteiger partial charge is 0.326 e. The Morgan fingerprint density at radius 1 is 1.41 bits per heavy atom. The first kappa shape index (κ1) is 12.1. The van der Waals surface area contributed by atoms with E-state index in [4.69, 9.17) is 0 Å². The summed E-state index contributed by atoms with van der Waals surface area (Å²) >= 11 is 3.12. The van der Waals surface area contributed by atoms with E-state index in [0.717, 1.165) is 0 Å². The van der Waals surface area contributed by atoms with Gasteiger partial charge in [-0.15, -0.1) is 0 Å². The van der Waals surface area contributed by atoms with Crippen molar-refractivity contribution in [2.75, 3.05) is 5.32 Å². The van der Waals surface area contributed by atoms with E-state index < -0.39 is 0 Å². The van der Waals surface area contributed by atoms with Gasteiger partial charge in [0.15, 0.2) is 0 Å². The number of rotatable bonds is 3. The van der Waals surface area contributed by atoms with E-state index in [9.17, 15) is 4.39 Å². The Morgan fingerprint density at radius 2 is 2.18 bits per heavy atom. The van der Waals surface area contributed by atoms with Crippen LogP contribution in [0.4, 0.5) is 16.0 Å². The zero-order valence-corrected chi connectivity index (χ0v) is 11.2. The number of anilines is 2. The Kier molecular flexibility index (Phi) is 3.47. The van der Waals surface area contributed by atoms with Gasteiger partial charge in [0.2, 0.25) is 5.95 Å². The van der Waals surface area contributed by atoms with E-state index in [2.05, 4.69) is 40.1 Å². The lowest BCUT2D eigenvalue weighted by atomic mass is 10.3. The Bertz CT molecular complexity index is 522. The molecule has 17 heavy (non-hydrogen) atoms. The van der Waals surface area contributed by atoms with Gasteiger partial charge in [0.05, 0.1) is 4.47 Å². The van der Waals surface area contributed by atoms with Crippen molar-refractivity contribution in [2.45, 2.75) is 19.9 Å². The summed E-state index contributed by atoms with van der Waals surface area (Å²) in [6.45, 7) is 4.13. The molecule has 0 amide bonds. The van der Waals surface area contributed by atoms with Gasteiger partial charge in [0.25, 0.3) is 0 Å². The van der Waals surface area contributed by atoms with Gasteiger partial charge < -0.3 is 9.88 Å². The van der Waals surface area contributed by atoms with Gasteiger partial charge in [-0.3, -0.25) is 0 Å². The minimum absolute atomic E-state index is 0.294. The van der Waals surface area contributed by atoms with Crippen LogP contribution in [0.25, 0.3) is 0 Å². The second-order valence-electron chi connectivity index (χ2n) is 4.01. The fourth-order valence-electron chi connectivity index (χ4n) is 1.53. The molecule has 1 N–H and O–H groups in total. The molecule has 2 aromatic rings. The van der Waals surface area contributed by atoms with Crippen LogP contribution in [0.1, 0.15) is 19.9 Å². The van der Waals surface area contributed by atoms with Crippen molar-refractivity contribution in [3.05, 3.63) is 40.9 Å². The van der Waals surface area contributed by atoms with Crippen LogP contribution in [0, 0.1) is 5.82 Å². The third kappa shape index (κ3) is 2.66. The van der Waals surface area contributed by atoms with Crippen molar-refractivity contribution in [3.8, 4) is 0 Å². The summed E-state index contributed by atoms with van der Waals surface area (Å²) in [6, 6.07) is 5.20. The number of benzene rings is 1. The van der Waals surface area contributed by atoms with Gasteiger partial charge >= 0.3 is 0 Å². The highest BCUT2D eigenvalue weighted by molar-refractivity contribution is 9.10. The molecular formula is C12H13BrFN3. The molecule has 1 aromatic carbocycles. The van der Waals surface area contributed by atoms with E-state index in [0.29, 0.717) is 22.2 Å². The van der Waals surface area contributed by atoms with Crippen molar-refractivity contribution >= 4 is 27.6 Å². The van der Waals surface area contributed by atoms with Gasteiger partial charge in [-0.25, -0.2) is 9.37 Å². The van der Waals surface area contributed by atoms with E-state index in [-0.39, 0.29) is 5.82 Å². The van der Waals surface area contributed by atoms with E-state index in [1.807, 2.05) is 10.8 Å². The molecule has 0 aliphatic carbocycles. The average molecular weight is 298 g/mol. The Morgan fingerprint density at radius 3 is 2.82 bits per heavy atom. The van der Waals surface area contributed by atoms with Crippen LogP contribution in [0.5, 0.6) is 0 Å². The summed E-state index contributed by atoms with van der Waals surface area (Å²) in [5.41, 5.74) is 0.679. The minimum atomic E-state index is -0.294. The number of halogens is 2. The van der Waals surface area contributed by atoms with Crippen molar-refractivity contribution in [2.24, 2.45) is 0 Å². The molecular weight excluding hydrogens is 285 g/mol. The summed E-state index contributed by atoms with van der Waals surface area (Å²) in [7, 11) is 0. The molecule has 0 unspecified atom stereocenters. The molecule has 5 heteroatoms. The molecule has 0 fully saturated rings. The number of nitrogens with one attached hydrogen (secondary N) is 1. The topological polar surface area (TPSA) is 29.9 Å². The molecule has 1 heterocycles. The predicted molar refractivity (Wildman–Crippen MR) is 70.0 cm³/mol. The van der Waals surface area contributed by atoms with Crippen LogP contribution in [0.3, 0.4) is 0 Å². The quantitative estimate of drug-likeness (QED) is 0.924. The van der Waals surface area contributed by atoms with Gasteiger partial charge in [-0.2, -0.15) is 0 Å². The lowest BCUT2D eigenvalue weighted by Crippen LogP contribution is -2.05. The second-order valence-corrected chi connectivity index (χ2v) is 4.86. The van der Waals surface area contributed by atoms with Crippen LogP contribution in [-0.4, -0.2) is 9.55 Å². The van der Waals surface area contributed by atoms with Crippen LogP contribution in [0.15, 0.2) is 35.1 Å². The highest BCUT2D eigenvalue weighted by atomic mass is 79.9. The van der Waals surface area contributed by atoms with Crippen molar-refractivity contribution in [1.82, 2.24) is 9.55 Å². The fraction of sp³-hybridized carbons (Fsp3) is 0.250. The summed E-state index contributed by atoms with van der Waals surface area (Å²) in [4.78, 5) is 4.20. The standard InChI is InChI=1S/C12H13BrFN3/c1-8(2)17-6-5-15-12(17)16-9-3-4-10(13)11(14)7-9/h3-8H,1-2H3,(H,15,16). The predicted octanol–water partition coefficient (Wildman–Crippen LogP) is 4.11. The second kappa shape index (κ2) is 4.87. The number of aromatic nitrogens is 2. The monoisotopic (exact) mass is 297 g/mol. The maximum absolute atomic E-state index is 13.4. The minimum Gasteiger partial charge on any atom is -0.326 e. The molecule has 0 atom stereocenters. The first-order valence-electron chi connectivity index (χ1n) is 5.33. The summed E-state index contributed by atoms with van der Waals surface area (Å²) in [5.74, 6) is 0.416. The van der Waals surface area contributed by atoms with Crippen LogP contribution in [-0.2, 0) is 0 Å². The van der Waals surface area contributed by atoms with Gasteiger partial charge in [0.1, 0.15) is 5.82 Å². The lowest BCUT2D eigenvalue weighted by molar-refractivity contribution is 0.607. The number of hydrogen-bond donors (Lipinski definition) is 1. The Hall–Kier alpha value is -1.36. The Balaban J connectivity index is 2.25. The lowest BCUT2D eigenvalue weighted by Gasteiger charge is -2.12. The average Bonchev–Trinajstić information content (AvgIpc) is 2.72. The SMILES string of the molecule is CC(C)n1ccnc1Nc1ccc(Br)c(F)c1. The van der Waals surface area contributed by atoms with Gasteiger partial charge in [-0.05, 0) is 48.0 Å². The van der Waals surface area contributed by atoms with Crippen LogP contribution < -0.4 is 5.32 Å². The third-order valence-corrected chi connectivity index (χ3v) is 3.04. The molecule has 0 saturated heterocycles. The van der Waals surface area contributed by atoms with Crippen LogP contribution in [0.2, 0.25) is 0 Å². The summed E-state index contributed by atoms with van der Waals surface area (Å²) in [6.07, 6.45) is 3.61. The zero-order valence-electron chi connectivity index (χ0n) is 9.61. The maximum Gasteiger partial charge on any atom is 0.207 e. The van der Waals surface area contributed by atoms with Gasteiger partial charge in [-0.1, -0.05) is 0 Å². The smallest absolute Gasteiger partial charge is 0.207 e. The molecule has 2 rings (SSSR count). The van der Waals surface area contributed by atoms with E-state index in [1.54, 1.807) is 18.3 Å². The molecule has 0 bridgehead atoms. The van der Waals surface area contributed by atoms with Crippen molar-refractivity contribution in [1.29, 1.82) is 0 Å². The van der Waals surface area contributed by atoms with Crippen molar-refractivity contribution < 1.29 is 4.39 Å². The van der Waals surface area contributed by atoms with Gasteiger partial charge in [0, 0.05) is 24.1 Å². The van der Waals surface area contributed by atoms with E-state index in [1.165, 1.54) is 6.07 Å². The number of imidazole rings is 1. The first-order valence-corrected chi connectivity index (χ1v) is 6.12. The molecule has 0 aliphatic rings. The van der Waals surface area contributed by atoms with Crippen molar-refractivity contribution in [3.63, 3.8) is 0 Å². The highest BCUT2D eigenvalue weighted by Gasteiger charge is 2.07. The van der Waals surface area contributed by atoms with Crippen LogP contribution >= 0.6 is 15.9 Å². The number of nitrogens with zero attached hydrogens (tertiary/aromatic N) is 2. The zero-order chi connectivity index (χ0) is 12.4. The van der Waals surface area contributed by atoms with E-state index >= 15 is 0 Å². The molecule has 0 spiro atoms.